The van der Waals surface area contributed by atoms with Gasteiger partial charge in [-0.15, -0.1) is 0 Å². The van der Waals surface area contributed by atoms with E-state index < -0.39 is 0 Å². The first-order chi connectivity index (χ1) is 12.9. The van der Waals surface area contributed by atoms with Gasteiger partial charge in [-0.05, 0) is 49.7 Å². The normalized spacial score (nSPS) is 10.2. The van der Waals surface area contributed by atoms with Crippen LogP contribution in [0.3, 0.4) is 0 Å². The smallest absolute Gasteiger partial charge is 0.319 e. The van der Waals surface area contributed by atoms with Crippen LogP contribution in [0.15, 0.2) is 42.5 Å². The topological polar surface area (TPSA) is 73.5 Å². The number of nitrogens with zero attached hydrogens (tertiary/aromatic N) is 1. The molecule has 0 aliphatic carbocycles. The number of carbonyl (C=O) groups is 2. The molecule has 0 bridgehead atoms. The van der Waals surface area contributed by atoms with Gasteiger partial charge in [-0.25, -0.2) is 4.79 Å². The van der Waals surface area contributed by atoms with E-state index in [1.165, 1.54) is 5.56 Å². The number of hydrogen-bond donors (Lipinski definition) is 3. The molecule has 0 fully saturated rings. The maximum atomic E-state index is 12.2. The Balaban J connectivity index is 1.91. The summed E-state index contributed by atoms with van der Waals surface area (Å²) in [5, 5.41) is 8.42. The van der Waals surface area contributed by atoms with Crippen molar-refractivity contribution >= 4 is 34.9 Å². The molecule has 0 unspecified atom stereocenters. The third-order valence-corrected chi connectivity index (χ3v) is 4.45. The highest BCUT2D eigenvalue weighted by Crippen LogP contribution is 2.23. The second-order valence-corrected chi connectivity index (χ2v) is 6.48. The molecule has 0 saturated carbocycles. The van der Waals surface area contributed by atoms with Gasteiger partial charge in [0.2, 0.25) is 0 Å². The molecule has 3 N–H and O–H groups in total. The van der Waals surface area contributed by atoms with E-state index in [9.17, 15) is 9.59 Å². The Labute approximate surface area is 164 Å². The van der Waals surface area contributed by atoms with Gasteiger partial charge in [-0.2, -0.15) is 0 Å². The highest BCUT2D eigenvalue weighted by Gasteiger charge is 2.11. The number of likely N-dealkylation sites (N-methyl/N-ethyl adjacent to an activating group) is 1. The van der Waals surface area contributed by atoms with Crippen LogP contribution in [0.5, 0.6) is 0 Å². The zero-order chi connectivity index (χ0) is 19.8. The van der Waals surface area contributed by atoms with Crippen molar-refractivity contribution in [2.75, 3.05) is 36.9 Å². The zero-order valence-electron chi connectivity index (χ0n) is 15.8. The average molecular weight is 389 g/mol. The van der Waals surface area contributed by atoms with Crippen LogP contribution in [0, 0.1) is 6.92 Å². The van der Waals surface area contributed by atoms with Crippen molar-refractivity contribution in [2.45, 2.75) is 13.8 Å². The van der Waals surface area contributed by atoms with Crippen molar-refractivity contribution in [2.24, 2.45) is 0 Å². The molecule has 0 aromatic heterocycles. The largest absolute Gasteiger partial charge is 0.370 e. The van der Waals surface area contributed by atoms with Gasteiger partial charge in [0.15, 0.2) is 0 Å². The standard InChI is InChI=1S/C20H25ClN4O2/c1-4-25(16-7-5-6-14(2)12-16)11-10-23-20(27)24-18-13-15(19(26)22-3)8-9-17(18)21/h5-9,12-13H,4,10-11H2,1-3H3,(H,22,26)(H2,23,24,27). The molecule has 2 aromatic carbocycles. The summed E-state index contributed by atoms with van der Waals surface area (Å²) >= 11 is 6.11. The Morgan fingerprint density at radius 1 is 1.15 bits per heavy atom. The van der Waals surface area contributed by atoms with Crippen LogP contribution in [0.1, 0.15) is 22.8 Å². The first kappa shape index (κ1) is 20.6. The molecule has 0 atom stereocenters. The maximum Gasteiger partial charge on any atom is 0.319 e. The highest BCUT2D eigenvalue weighted by atomic mass is 35.5. The van der Waals surface area contributed by atoms with E-state index in [0.717, 1.165) is 12.2 Å². The first-order valence-electron chi connectivity index (χ1n) is 8.82. The number of halogens is 1. The molecule has 3 amide bonds. The van der Waals surface area contributed by atoms with Crippen molar-refractivity contribution in [1.29, 1.82) is 0 Å². The number of anilines is 2. The molecular weight excluding hydrogens is 364 g/mol. The second kappa shape index (κ2) is 9.83. The first-order valence-corrected chi connectivity index (χ1v) is 9.20. The lowest BCUT2D eigenvalue weighted by molar-refractivity contribution is 0.0963. The van der Waals surface area contributed by atoms with Crippen molar-refractivity contribution in [3.05, 3.63) is 58.6 Å². The molecule has 0 radical (unpaired) electrons. The van der Waals surface area contributed by atoms with Crippen LogP contribution in [0.4, 0.5) is 16.2 Å². The van der Waals surface area contributed by atoms with Gasteiger partial charge in [0.05, 0.1) is 10.7 Å². The van der Waals surface area contributed by atoms with E-state index in [1.807, 2.05) is 6.07 Å². The molecule has 0 saturated heterocycles. The Morgan fingerprint density at radius 3 is 2.59 bits per heavy atom. The predicted octanol–water partition coefficient (Wildman–Crippen LogP) is 3.66. The molecule has 7 heteroatoms. The van der Waals surface area contributed by atoms with Gasteiger partial charge in [0.25, 0.3) is 5.91 Å². The van der Waals surface area contributed by atoms with Crippen molar-refractivity contribution in [3.8, 4) is 0 Å². The van der Waals surface area contributed by atoms with Gasteiger partial charge in [0, 0.05) is 37.9 Å². The van der Waals surface area contributed by atoms with Crippen LogP contribution < -0.4 is 20.9 Å². The summed E-state index contributed by atoms with van der Waals surface area (Å²) < 4.78 is 0. The van der Waals surface area contributed by atoms with E-state index in [-0.39, 0.29) is 11.9 Å². The molecule has 0 heterocycles. The van der Waals surface area contributed by atoms with Gasteiger partial charge in [-0.1, -0.05) is 23.7 Å². The average Bonchev–Trinajstić information content (AvgIpc) is 2.66. The van der Waals surface area contributed by atoms with Gasteiger partial charge >= 0.3 is 6.03 Å². The minimum atomic E-state index is -0.369. The molecule has 0 aliphatic rings. The van der Waals surface area contributed by atoms with Crippen LogP contribution in [-0.2, 0) is 0 Å². The summed E-state index contributed by atoms with van der Waals surface area (Å²) in [7, 11) is 1.55. The fourth-order valence-corrected chi connectivity index (χ4v) is 2.84. The van der Waals surface area contributed by atoms with Gasteiger partial charge in [-0.3, -0.25) is 4.79 Å². The molecule has 0 aliphatic heterocycles. The quantitative estimate of drug-likeness (QED) is 0.677. The SMILES string of the molecule is CCN(CCNC(=O)Nc1cc(C(=O)NC)ccc1Cl)c1cccc(C)c1. The molecule has 2 rings (SSSR count). The maximum absolute atomic E-state index is 12.2. The minimum absolute atomic E-state index is 0.244. The lowest BCUT2D eigenvalue weighted by Crippen LogP contribution is -2.37. The summed E-state index contributed by atoms with van der Waals surface area (Å²) in [4.78, 5) is 26.1. The van der Waals surface area contributed by atoms with Crippen molar-refractivity contribution < 1.29 is 9.59 Å². The van der Waals surface area contributed by atoms with Crippen LogP contribution >= 0.6 is 11.6 Å². The predicted molar refractivity (Wildman–Crippen MR) is 111 cm³/mol. The number of rotatable bonds is 7. The van der Waals surface area contributed by atoms with Crippen LogP contribution in [-0.4, -0.2) is 38.6 Å². The fraction of sp³-hybridized carbons (Fsp3) is 0.300. The number of carbonyl (C=O) groups excluding carboxylic acids is 2. The third kappa shape index (κ3) is 5.89. The highest BCUT2D eigenvalue weighted by molar-refractivity contribution is 6.33. The molecule has 0 spiro atoms. The minimum Gasteiger partial charge on any atom is -0.370 e. The van der Waals surface area contributed by atoms with Crippen LogP contribution in [0.25, 0.3) is 0 Å². The fourth-order valence-electron chi connectivity index (χ4n) is 2.67. The van der Waals surface area contributed by atoms with E-state index >= 15 is 0 Å². The Bertz CT molecular complexity index is 810. The third-order valence-electron chi connectivity index (χ3n) is 4.12. The van der Waals surface area contributed by atoms with Crippen molar-refractivity contribution in [1.82, 2.24) is 10.6 Å². The van der Waals surface area contributed by atoms with Gasteiger partial charge < -0.3 is 20.9 Å². The number of benzene rings is 2. The number of aryl methyl sites for hydroxylation is 1. The number of amides is 3. The zero-order valence-corrected chi connectivity index (χ0v) is 16.6. The monoisotopic (exact) mass is 388 g/mol. The molecule has 6 nitrogen and oxygen atoms in total. The summed E-state index contributed by atoms with van der Waals surface area (Å²) in [5.41, 5.74) is 3.14. The van der Waals surface area contributed by atoms with Crippen molar-refractivity contribution in [3.63, 3.8) is 0 Å². The Hall–Kier alpha value is -2.73. The summed E-state index contributed by atoms with van der Waals surface area (Å²) in [6, 6.07) is 12.6. The summed E-state index contributed by atoms with van der Waals surface area (Å²) in [6.45, 7) is 6.12. The molecular formula is C20H25ClN4O2. The Morgan fingerprint density at radius 2 is 1.93 bits per heavy atom. The van der Waals surface area contributed by atoms with E-state index in [1.54, 1.807) is 25.2 Å². The number of nitrogens with one attached hydrogen (secondary N) is 3. The van der Waals surface area contributed by atoms with E-state index in [4.69, 9.17) is 11.6 Å². The second-order valence-electron chi connectivity index (χ2n) is 6.07. The van der Waals surface area contributed by atoms with E-state index in [2.05, 4.69) is 52.9 Å². The molecule has 144 valence electrons. The number of urea groups is 1. The van der Waals surface area contributed by atoms with Gasteiger partial charge in [0.1, 0.15) is 0 Å². The lowest BCUT2D eigenvalue weighted by atomic mass is 10.2. The summed E-state index contributed by atoms with van der Waals surface area (Å²) in [5.74, 6) is -0.244. The van der Waals surface area contributed by atoms with E-state index in [0.29, 0.717) is 29.4 Å². The number of hydrogen-bond acceptors (Lipinski definition) is 3. The molecule has 2 aromatic rings. The van der Waals surface area contributed by atoms with Crippen LogP contribution in [0.2, 0.25) is 5.02 Å². The summed E-state index contributed by atoms with van der Waals surface area (Å²) in [6.07, 6.45) is 0. The lowest BCUT2D eigenvalue weighted by Gasteiger charge is -2.23. The Kier molecular flexibility index (Phi) is 7.49. The molecule has 27 heavy (non-hydrogen) atoms.